The van der Waals surface area contributed by atoms with E-state index in [2.05, 4.69) is 29.2 Å². The molecule has 4 nitrogen and oxygen atoms in total. The fraction of sp³-hybridized carbons (Fsp3) is 0.368. The molecule has 2 aromatic rings. The number of nitrogens with zero attached hydrogens (tertiary/aromatic N) is 1. The van der Waals surface area contributed by atoms with Crippen molar-refractivity contribution in [3.8, 4) is 11.5 Å². The predicted octanol–water partition coefficient (Wildman–Crippen LogP) is 3.48. The standard InChI is InChI=1S/C19H24N2O2/c1-22-18-8-6-15(13-19(18)23-2)11-14-5-7-17(16(20)12-14)21-9-3-4-10-21/h5-8,12-13H,3-4,9-11,20H2,1-2H3. The Morgan fingerprint density at radius 1 is 0.913 bits per heavy atom. The van der Waals surface area contributed by atoms with Crippen LogP contribution in [0.25, 0.3) is 0 Å². The summed E-state index contributed by atoms with van der Waals surface area (Å²) in [6.07, 6.45) is 3.34. The van der Waals surface area contributed by atoms with Gasteiger partial charge in [0.25, 0.3) is 0 Å². The summed E-state index contributed by atoms with van der Waals surface area (Å²) in [5.74, 6) is 1.51. The van der Waals surface area contributed by atoms with Crippen molar-refractivity contribution in [3.05, 3.63) is 47.5 Å². The summed E-state index contributed by atoms with van der Waals surface area (Å²) in [6, 6.07) is 12.4. The lowest BCUT2D eigenvalue weighted by molar-refractivity contribution is 0.354. The number of nitrogen functional groups attached to an aromatic ring is 1. The Morgan fingerprint density at radius 2 is 1.57 bits per heavy atom. The maximum Gasteiger partial charge on any atom is 0.160 e. The van der Waals surface area contributed by atoms with E-state index in [0.29, 0.717) is 0 Å². The highest BCUT2D eigenvalue weighted by Crippen LogP contribution is 2.31. The smallest absolute Gasteiger partial charge is 0.160 e. The minimum atomic E-state index is 0.750. The third kappa shape index (κ3) is 3.36. The lowest BCUT2D eigenvalue weighted by atomic mass is 10.0. The molecule has 122 valence electrons. The Kier molecular flexibility index (Phi) is 4.60. The fourth-order valence-corrected chi connectivity index (χ4v) is 3.19. The van der Waals surface area contributed by atoms with E-state index in [4.69, 9.17) is 15.2 Å². The van der Waals surface area contributed by atoms with Crippen molar-refractivity contribution in [2.24, 2.45) is 0 Å². The molecular weight excluding hydrogens is 288 g/mol. The molecule has 3 rings (SSSR count). The first kappa shape index (κ1) is 15.5. The van der Waals surface area contributed by atoms with Crippen LogP contribution in [0.4, 0.5) is 11.4 Å². The van der Waals surface area contributed by atoms with Crippen molar-refractivity contribution in [1.29, 1.82) is 0 Å². The number of nitrogens with two attached hydrogens (primary N) is 1. The molecule has 23 heavy (non-hydrogen) atoms. The molecule has 1 heterocycles. The highest BCUT2D eigenvalue weighted by molar-refractivity contribution is 5.69. The molecule has 0 aromatic heterocycles. The molecule has 0 unspecified atom stereocenters. The summed E-state index contributed by atoms with van der Waals surface area (Å²) < 4.78 is 10.7. The summed E-state index contributed by atoms with van der Waals surface area (Å²) >= 11 is 0. The minimum Gasteiger partial charge on any atom is -0.493 e. The van der Waals surface area contributed by atoms with E-state index in [-0.39, 0.29) is 0 Å². The first-order valence-electron chi connectivity index (χ1n) is 8.05. The van der Waals surface area contributed by atoms with Crippen molar-refractivity contribution in [2.75, 3.05) is 37.9 Å². The van der Waals surface area contributed by atoms with Gasteiger partial charge in [0, 0.05) is 13.1 Å². The van der Waals surface area contributed by atoms with Crippen LogP contribution >= 0.6 is 0 Å². The first-order valence-corrected chi connectivity index (χ1v) is 8.05. The molecule has 0 aliphatic carbocycles. The Balaban J connectivity index is 1.79. The second kappa shape index (κ2) is 6.82. The molecule has 1 aliphatic heterocycles. The van der Waals surface area contributed by atoms with Crippen LogP contribution in [0.15, 0.2) is 36.4 Å². The van der Waals surface area contributed by atoms with Crippen LogP contribution in [0, 0.1) is 0 Å². The quantitative estimate of drug-likeness (QED) is 0.859. The van der Waals surface area contributed by atoms with Crippen molar-refractivity contribution < 1.29 is 9.47 Å². The predicted molar refractivity (Wildman–Crippen MR) is 94.7 cm³/mol. The number of hydrogen-bond acceptors (Lipinski definition) is 4. The zero-order chi connectivity index (χ0) is 16.2. The highest BCUT2D eigenvalue weighted by atomic mass is 16.5. The van der Waals surface area contributed by atoms with Crippen LogP contribution in [-0.2, 0) is 6.42 Å². The number of benzene rings is 2. The molecule has 1 aliphatic rings. The molecule has 0 atom stereocenters. The molecule has 0 bridgehead atoms. The van der Waals surface area contributed by atoms with E-state index in [0.717, 1.165) is 36.7 Å². The van der Waals surface area contributed by atoms with Gasteiger partial charge in [-0.25, -0.2) is 0 Å². The third-order valence-corrected chi connectivity index (χ3v) is 4.39. The average molecular weight is 312 g/mol. The van der Waals surface area contributed by atoms with E-state index >= 15 is 0 Å². The lowest BCUT2D eigenvalue weighted by Gasteiger charge is -2.20. The molecular formula is C19H24N2O2. The molecule has 4 heteroatoms. The van der Waals surface area contributed by atoms with Crippen molar-refractivity contribution >= 4 is 11.4 Å². The van der Waals surface area contributed by atoms with E-state index in [9.17, 15) is 0 Å². The number of hydrogen-bond donors (Lipinski definition) is 1. The molecule has 2 N–H and O–H groups in total. The number of anilines is 2. The summed E-state index contributed by atoms with van der Waals surface area (Å²) in [5, 5.41) is 0. The van der Waals surface area contributed by atoms with Gasteiger partial charge in [-0.1, -0.05) is 12.1 Å². The molecule has 1 fully saturated rings. The van der Waals surface area contributed by atoms with Crippen molar-refractivity contribution in [2.45, 2.75) is 19.3 Å². The molecule has 0 amide bonds. The second-order valence-electron chi connectivity index (χ2n) is 5.95. The topological polar surface area (TPSA) is 47.7 Å². The lowest BCUT2D eigenvalue weighted by Crippen LogP contribution is -2.19. The maximum absolute atomic E-state index is 6.27. The summed E-state index contributed by atoms with van der Waals surface area (Å²) in [6.45, 7) is 2.22. The monoisotopic (exact) mass is 312 g/mol. The van der Waals surface area contributed by atoms with Gasteiger partial charge in [0.2, 0.25) is 0 Å². The number of ether oxygens (including phenoxy) is 2. The van der Waals surface area contributed by atoms with E-state index in [1.165, 1.54) is 29.7 Å². The summed E-state index contributed by atoms with van der Waals surface area (Å²) in [5.41, 5.74) is 10.7. The molecule has 0 saturated carbocycles. The van der Waals surface area contributed by atoms with Crippen LogP contribution in [-0.4, -0.2) is 27.3 Å². The van der Waals surface area contributed by atoms with Gasteiger partial charge in [0.05, 0.1) is 25.6 Å². The van der Waals surface area contributed by atoms with Crippen LogP contribution in [0.1, 0.15) is 24.0 Å². The second-order valence-corrected chi connectivity index (χ2v) is 5.95. The van der Waals surface area contributed by atoms with Crippen molar-refractivity contribution in [3.63, 3.8) is 0 Å². The Bertz CT molecular complexity index is 679. The van der Waals surface area contributed by atoms with Gasteiger partial charge >= 0.3 is 0 Å². The molecule has 0 spiro atoms. The highest BCUT2D eigenvalue weighted by Gasteiger charge is 2.15. The fourth-order valence-electron chi connectivity index (χ4n) is 3.19. The largest absolute Gasteiger partial charge is 0.493 e. The van der Waals surface area contributed by atoms with Gasteiger partial charge in [0.1, 0.15) is 0 Å². The average Bonchev–Trinajstić information content (AvgIpc) is 3.09. The van der Waals surface area contributed by atoms with Gasteiger partial charge < -0.3 is 20.1 Å². The van der Waals surface area contributed by atoms with Crippen LogP contribution in [0.2, 0.25) is 0 Å². The number of methoxy groups -OCH3 is 2. The summed E-state index contributed by atoms with van der Waals surface area (Å²) in [4.78, 5) is 2.37. The Morgan fingerprint density at radius 3 is 2.22 bits per heavy atom. The van der Waals surface area contributed by atoms with E-state index < -0.39 is 0 Å². The van der Waals surface area contributed by atoms with Gasteiger partial charge in [0.15, 0.2) is 11.5 Å². The van der Waals surface area contributed by atoms with Gasteiger partial charge in [-0.15, -0.1) is 0 Å². The normalized spacial score (nSPS) is 14.1. The Hall–Kier alpha value is -2.36. The van der Waals surface area contributed by atoms with Gasteiger partial charge in [-0.05, 0) is 54.7 Å². The third-order valence-electron chi connectivity index (χ3n) is 4.39. The zero-order valence-electron chi connectivity index (χ0n) is 13.8. The van der Waals surface area contributed by atoms with E-state index in [1.807, 2.05) is 12.1 Å². The van der Waals surface area contributed by atoms with Gasteiger partial charge in [-0.3, -0.25) is 0 Å². The zero-order valence-corrected chi connectivity index (χ0v) is 13.8. The first-order chi connectivity index (χ1) is 11.2. The van der Waals surface area contributed by atoms with E-state index in [1.54, 1.807) is 14.2 Å². The summed E-state index contributed by atoms with van der Waals surface area (Å²) in [7, 11) is 3.31. The van der Waals surface area contributed by atoms with Crippen LogP contribution in [0.5, 0.6) is 11.5 Å². The van der Waals surface area contributed by atoms with Crippen molar-refractivity contribution in [1.82, 2.24) is 0 Å². The van der Waals surface area contributed by atoms with Crippen LogP contribution < -0.4 is 20.1 Å². The van der Waals surface area contributed by atoms with Crippen LogP contribution in [0.3, 0.4) is 0 Å². The molecule has 0 radical (unpaired) electrons. The molecule has 2 aromatic carbocycles. The minimum absolute atomic E-state index is 0.750. The van der Waals surface area contributed by atoms with Gasteiger partial charge in [-0.2, -0.15) is 0 Å². The SMILES string of the molecule is COc1ccc(Cc2ccc(N3CCCC3)c(N)c2)cc1OC. The molecule has 1 saturated heterocycles. The number of rotatable bonds is 5. The maximum atomic E-state index is 6.27. The Labute approximate surface area is 137 Å².